The van der Waals surface area contributed by atoms with Crippen molar-refractivity contribution in [1.82, 2.24) is 15.8 Å². The first-order valence-electron chi connectivity index (χ1n) is 10.2. The number of benzene rings is 3. The molecule has 1 aliphatic heterocycles. The predicted molar refractivity (Wildman–Crippen MR) is 119 cm³/mol. The third-order valence-corrected chi connectivity index (χ3v) is 5.68. The van der Waals surface area contributed by atoms with Gasteiger partial charge < -0.3 is 10.2 Å². The quantitative estimate of drug-likeness (QED) is 0.605. The van der Waals surface area contributed by atoms with E-state index in [1.807, 2.05) is 67.6 Å². The first kappa shape index (κ1) is 20.4. The zero-order valence-electron chi connectivity index (χ0n) is 17.5. The summed E-state index contributed by atoms with van der Waals surface area (Å²) < 4.78 is 0. The number of urea groups is 1. The van der Waals surface area contributed by atoms with Gasteiger partial charge in [-0.25, -0.2) is 4.79 Å². The van der Waals surface area contributed by atoms with Gasteiger partial charge in [-0.05, 0) is 34.9 Å². The number of amides is 4. The molecule has 3 aromatic rings. The van der Waals surface area contributed by atoms with Crippen LogP contribution in [0.1, 0.15) is 18.9 Å². The molecule has 31 heavy (non-hydrogen) atoms. The molecule has 158 valence electrons. The second-order valence-electron chi connectivity index (χ2n) is 7.62. The van der Waals surface area contributed by atoms with Crippen LogP contribution < -0.4 is 15.6 Å². The van der Waals surface area contributed by atoms with Gasteiger partial charge in [0.2, 0.25) is 0 Å². The minimum absolute atomic E-state index is 0.0140. The number of hydrogen-bond acceptors (Lipinski definition) is 4. The van der Waals surface area contributed by atoms with Crippen LogP contribution in [0.4, 0.5) is 10.5 Å². The predicted octanol–water partition coefficient (Wildman–Crippen LogP) is 3.16. The third-order valence-electron chi connectivity index (χ3n) is 5.68. The highest BCUT2D eigenvalue weighted by molar-refractivity contribution is 6.08. The lowest BCUT2D eigenvalue weighted by Gasteiger charge is -2.26. The zero-order chi connectivity index (χ0) is 22.0. The van der Waals surface area contributed by atoms with Crippen LogP contribution in [0.2, 0.25) is 0 Å². The fourth-order valence-corrected chi connectivity index (χ4v) is 3.92. The summed E-state index contributed by atoms with van der Waals surface area (Å²) in [5.74, 6) is -0.952. The number of likely N-dealkylation sites (N-methyl/N-ethyl adjacent to an activating group) is 1. The van der Waals surface area contributed by atoms with Crippen molar-refractivity contribution in [2.75, 3.05) is 18.5 Å². The van der Waals surface area contributed by atoms with E-state index in [0.717, 1.165) is 21.5 Å². The molecular formula is C24H24N4O3. The van der Waals surface area contributed by atoms with Crippen molar-refractivity contribution in [1.29, 1.82) is 0 Å². The van der Waals surface area contributed by atoms with Crippen molar-refractivity contribution >= 4 is 34.3 Å². The molecule has 0 aromatic heterocycles. The Labute approximate surface area is 180 Å². The number of nitrogens with one attached hydrogen (secondary N) is 2. The molecule has 0 saturated carbocycles. The van der Waals surface area contributed by atoms with E-state index >= 15 is 0 Å². The first-order valence-corrected chi connectivity index (χ1v) is 10.2. The fourth-order valence-electron chi connectivity index (χ4n) is 3.92. The van der Waals surface area contributed by atoms with E-state index in [1.54, 1.807) is 24.1 Å². The number of imide groups is 1. The molecule has 1 aliphatic rings. The summed E-state index contributed by atoms with van der Waals surface area (Å²) in [6.07, 6.45) is 0.366. The lowest BCUT2D eigenvalue weighted by Crippen LogP contribution is -2.50. The Kier molecular flexibility index (Phi) is 5.33. The summed E-state index contributed by atoms with van der Waals surface area (Å²) in [7, 11) is 1.79. The molecule has 4 amide bonds. The van der Waals surface area contributed by atoms with Gasteiger partial charge in [0.1, 0.15) is 5.54 Å². The highest BCUT2D eigenvalue weighted by atomic mass is 16.2. The summed E-state index contributed by atoms with van der Waals surface area (Å²) in [6, 6.07) is 22.3. The van der Waals surface area contributed by atoms with Gasteiger partial charge in [-0.15, -0.1) is 0 Å². The Balaban J connectivity index is 1.47. The summed E-state index contributed by atoms with van der Waals surface area (Å²) >= 11 is 0. The van der Waals surface area contributed by atoms with Crippen molar-refractivity contribution in [3.05, 3.63) is 78.4 Å². The standard InChI is InChI=1S/C24H24N4O3/c1-3-24(19-11-5-4-6-12-19)22(30)28(23(31)25-24)26-21(29)16-27(2)20-14-13-17-9-7-8-10-18(17)15-20/h4-15H,3,16H2,1-2H3,(H,25,31)(H,26,29)/t24-/m0/s1. The molecular weight excluding hydrogens is 392 g/mol. The van der Waals surface area contributed by atoms with Crippen LogP contribution in [-0.4, -0.2) is 36.4 Å². The third kappa shape index (κ3) is 3.70. The van der Waals surface area contributed by atoms with Crippen LogP contribution in [0.3, 0.4) is 0 Å². The largest absolute Gasteiger partial charge is 0.365 e. The molecule has 1 heterocycles. The average Bonchev–Trinajstić information content (AvgIpc) is 3.04. The average molecular weight is 416 g/mol. The summed E-state index contributed by atoms with van der Waals surface area (Å²) in [6.45, 7) is 1.81. The minimum atomic E-state index is -1.18. The molecule has 1 atom stereocenters. The molecule has 1 fully saturated rings. The van der Waals surface area contributed by atoms with E-state index < -0.39 is 23.4 Å². The van der Waals surface area contributed by atoms with Crippen molar-refractivity contribution in [2.24, 2.45) is 0 Å². The highest BCUT2D eigenvalue weighted by Crippen LogP contribution is 2.31. The Morgan fingerprint density at radius 3 is 2.39 bits per heavy atom. The van der Waals surface area contributed by atoms with E-state index in [1.165, 1.54) is 0 Å². The van der Waals surface area contributed by atoms with Gasteiger partial charge in [0, 0.05) is 12.7 Å². The van der Waals surface area contributed by atoms with Crippen LogP contribution in [-0.2, 0) is 15.1 Å². The van der Waals surface area contributed by atoms with Crippen LogP contribution >= 0.6 is 0 Å². The Morgan fingerprint density at radius 2 is 1.68 bits per heavy atom. The monoisotopic (exact) mass is 416 g/mol. The molecule has 7 heteroatoms. The Bertz CT molecular complexity index is 1150. The van der Waals surface area contributed by atoms with Crippen LogP contribution in [0.25, 0.3) is 10.8 Å². The van der Waals surface area contributed by atoms with Gasteiger partial charge in [0.25, 0.3) is 11.8 Å². The molecule has 0 spiro atoms. The number of nitrogens with zero attached hydrogens (tertiary/aromatic N) is 2. The molecule has 2 N–H and O–H groups in total. The van der Waals surface area contributed by atoms with Gasteiger partial charge in [-0.3, -0.25) is 15.0 Å². The molecule has 0 bridgehead atoms. The second-order valence-corrected chi connectivity index (χ2v) is 7.62. The first-order chi connectivity index (χ1) is 14.9. The fraction of sp³-hybridized carbons (Fsp3) is 0.208. The number of rotatable bonds is 6. The number of hydrazine groups is 1. The Hall–Kier alpha value is -3.87. The molecule has 3 aromatic carbocycles. The number of anilines is 1. The number of carbonyl (C=O) groups excluding carboxylic acids is 3. The molecule has 0 unspecified atom stereocenters. The van der Waals surface area contributed by atoms with E-state index in [-0.39, 0.29) is 6.54 Å². The lowest BCUT2D eigenvalue weighted by atomic mass is 9.87. The zero-order valence-corrected chi connectivity index (χ0v) is 17.5. The van der Waals surface area contributed by atoms with Crippen molar-refractivity contribution in [3.63, 3.8) is 0 Å². The van der Waals surface area contributed by atoms with Gasteiger partial charge in [-0.1, -0.05) is 67.6 Å². The van der Waals surface area contributed by atoms with Crippen molar-refractivity contribution < 1.29 is 14.4 Å². The molecule has 1 saturated heterocycles. The highest BCUT2D eigenvalue weighted by Gasteiger charge is 2.52. The number of hydrogen-bond donors (Lipinski definition) is 2. The van der Waals surface area contributed by atoms with Crippen molar-refractivity contribution in [2.45, 2.75) is 18.9 Å². The van der Waals surface area contributed by atoms with Gasteiger partial charge in [0.05, 0.1) is 6.54 Å². The maximum Gasteiger partial charge on any atom is 0.344 e. The van der Waals surface area contributed by atoms with Crippen LogP contribution in [0.15, 0.2) is 72.8 Å². The summed E-state index contributed by atoms with van der Waals surface area (Å²) in [5.41, 5.74) is 2.82. The second kappa shape index (κ2) is 8.10. The van der Waals surface area contributed by atoms with Crippen LogP contribution in [0, 0.1) is 0 Å². The van der Waals surface area contributed by atoms with E-state index in [4.69, 9.17) is 0 Å². The molecule has 0 radical (unpaired) electrons. The maximum atomic E-state index is 13.1. The smallest absolute Gasteiger partial charge is 0.344 e. The topological polar surface area (TPSA) is 81.8 Å². The summed E-state index contributed by atoms with van der Waals surface area (Å²) in [4.78, 5) is 40.1. The number of carbonyl (C=O) groups is 3. The van der Waals surface area contributed by atoms with Gasteiger partial charge in [-0.2, -0.15) is 5.01 Å². The maximum absolute atomic E-state index is 13.1. The normalized spacial score (nSPS) is 18.2. The van der Waals surface area contributed by atoms with Gasteiger partial charge in [0.15, 0.2) is 0 Å². The summed E-state index contributed by atoms with van der Waals surface area (Å²) in [5, 5.41) is 5.72. The Morgan fingerprint density at radius 1 is 1.00 bits per heavy atom. The van der Waals surface area contributed by atoms with E-state index in [0.29, 0.717) is 12.0 Å². The minimum Gasteiger partial charge on any atom is -0.365 e. The van der Waals surface area contributed by atoms with E-state index in [2.05, 4.69) is 10.7 Å². The molecule has 7 nitrogen and oxygen atoms in total. The van der Waals surface area contributed by atoms with Crippen molar-refractivity contribution in [3.8, 4) is 0 Å². The molecule has 0 aliphatic carbocycles. The lowest BCUT2D eigenvalue weighted by molar-refractivity contribution is -0.139. The number of fused-ring (bicyclic) bond motifs is 1. The van der Waals surface area contributed by atoms with Crippen LogP contribution in [0.5, 0.6) is 0 Å². The SMILES string of the molecule is CC[C@@]1(c2ccccc2)NC(=O)N(NC(=O)CN(C)c2ccc3ccccc3c2)C1=O. The molecule has 4 rings (SSSR count). The van der Waals surface area contributed by atoms with E-state index in [9.17, 15) is 14.4 Å². The van der Waals surface area contributed by atoms with Gasteiger partial charge >= 0.3 is 6.03 Å².